The largest absolute Gasteiger partial charge is 0.342 e. The lowest BCUT2D eigenvalue weighted by Crippen LogP contribution is -2.18. The zero-order chi connectivity index (χ0) is 8.43. The van der Waals surface area contributed by atoms with E-state index in [-0.39, 0.29) is 5.91 Å². The molecule has 0 radical (unpaired) electrons. The van der Waals surface area contributed by atoms with Gasteiger partial charge in [0.15, 0.2) is 0 Å². The van der Waals surface area contributed by atoms with Gasteiger partial charge in [0, 0.05) is 19.2 Å². The van der Waals surface area contributed by atoms with Crippen LogP contribution in [-0.2, 0) is 4.79 Å². The average molecular weight is 151 g/mol. The minimum atomic E-state index is 0.146. The molecule has 0 aromatic heterocycles. The fraction of sp³-hybridized carbons (Fsp3) is 0.444. The Hall–Kier alpha value is -1.05. The second-order valence-electron chi connectivity index (χ2n) is 2.99. The van der Waals surface area contributed by atoms with Gasteiger partial charge >= 0.3 is 0 Å². The number of hydrogen-bond acceptors (Lipinski definition) is 1. The van der Waals surface area contributed by atoms with Crippen molar-refractivity contribution in [3.05, 3.63) is 23.8 Å². The summed E-state index contributed by atoms with van der Waals surface area (Å²) in [5.41, 5.74) is 1.84. The van der Waals surface area contributed by atoms with Crippen molar-refractivity contribution in [1.29, 1.82) is 0 Å². The van der Waals surface area contributed by atoms with E-state index in [0.29, 0.717) is 0 Å². The molecule has 0 unspecified atom stereocenters. The highest BCUT2D eigenvalue weighted by molar-refractivity contribution is 5.95. The van der Waals surface area contributed by atoms with Gasteiger partial charge in [0.25, 0.3) is 0 Å². The van der Waals surface area contributed by atoms with E-state index >= 15 is 0 Å². The summed E-state index contributed by atoms with van der Waals surface area (Å²) in [5, 5.41) is 0. The number of rotatable bonds is 1. The van der Waals surface area contributed by atoms with Crippen LogP contribution in [0.3, 0.4) is 0 Å². The SMILES string of the molecule is C=C(C)/C=C1\CCN(C)C1=O. The molecule has 1 fully saturated rings. The van der Waals surface area contributed by atoms with Gasteiger partial charge in [-0.25, -0.2) is 0 Å². The second-order valence-corrected chi connectivity index (χ2v) is 2.99. The molecule has 1 rings (SSSR count). The van der Waals surface area contributed by atoms with Gasteiger partial charge in [0.2, 0.25) is 5.91 Å². The molecule has 0 aromatic rings. The highest BCUT2D eigenvalue weighted by Crippen LogP contribution is 2.16. The summed E-state index contributed by atoms with van der Waals surface area (Å²) in [6.45, 7) is 6.48. The Labute approximate surface area is 67.2 Å². The van der Waals surface area contributed by atoms with Gasteiger partial charge in [0.05, 0.1) is 0 Å². The summed E-state index contributed by atoms with van der Waals surface area (Å²) >= 11 is 0. The third kappa shape index (κ3) is 1.70. The molecule has 0 spiro atoms. The van der Waals surface area contributed by atoms with E-state index in [9.17, 15) is 4.79 Å². The summed E-state index contributed by atoms with van der Waals surface area (Å²) in [6.07, 6.45) is 2.73. The van der Waals surface area contributed by atoms with Gasteiger partial charge in [-0.3, -0.25) is 4.79 Å². The monoisotopic (exact) mass is 151 g/mol. The molecule has 0 N–H and O–H groups in total. The highest BCUT2D eigenvalue weighted by atomic mass is 16.2. The summed E-state index contributed by atoms with van der Waals surface area (Å²) in [5.74, 6) is 0.146. The van der Waals surface area contributed by atoms with Gasteiger partial charge in [-0.15, -0.1) is 0 Å². The van der Waals surface area contributed by atoms with Crippen LogP contribution in [0.25, 0.3) is 0 Å². The number of amides is 1. The van der Waals surface area contributed by atoms with E-state index in [4.69, 9.17) is 0 Å². The summed E-state index contributed by atoms with van der Waals surface area (Å²) in [7, 11) is 1.82. The molecule has 0 aliphatic carbocycles. The van der Waals surface area contributed by atoms with Crippen molar-refractivity contribution < 1.29 is 4.79 Å². The van der Waals surface area contributed by atoms with Gasteiger partial charge in [-0.05, 0) is 13.3 Å². The molecule has 1 amide bonds. The summed E-state index contributed by atoms with van der Waals surface area (Å²) in [6, 6.07) is 0. The van der Waals surface area contributed by atoms with E-state index in [1.807, 2.05) is 20.0 Å². The Morgan fingerprint density at radius 1 is 1.73 bits per heavy atom. The van der Waals surface area contributed by atoms with Crippen LogP contribution < -0.4 is 0 Å². The van der Waals surface area contributed by atoms with Crippen molar-refractivity contribution in [2.24, 2.45) is 0 Å². The Kier molecular flexibility index (Phi) is 2.13. The lowest BCUT2D eigenvalue weighted by molar-refractivity contribution is -0.123. The molecule has 0 saturated carbocycles. The van der Waals surface area contributed by atoms with Crippen molar-refractivity contribution in [3.63, 3.8) is 0 Å². The first-order valence-electron chi connectivity index (χ1n) is 3.73. The number of nitrogens with zero attached hydrogens (tertiary/aromatic N) is 1. The smallest absolute Gasteiger partial charge is 0.249 e. The molecule has 0 aromatic carbocycles. The van der Waals surface area contributed by atoms with Crippen molar-refractivity contribution >= 4 is 5.91 Å². The van der Waals surface area contributed by atoms with Gasteiger partial charge < -0.3 is 4.90 Å². The van der Waals surface area contributed by atoms with E-state index in [2.05, 4.69) is 6.58 Å². The fourth-order valence-electron chi connectivity index (χ4n) is 1.17. The highest BCUT2D eigenvalue weighted by Gasteiger charge is 2.21. The number of carbonyl (C=O) groups excluding carboxylic acids is 1. The molecule has 1 saturated heterocycles. The van der Waals surface area contributed by atoms with Crippen LogP contribution in [0.1, 0.15) is 13.3 Å². The van der Waals surface area contributed by atoms with Crippen LogP contribution >= 0.6 is 0 Å². The zero-order valence-electron chi connectivity index (χ0n) is 7.05. The maximum Gasteiger partial charge on any atom is 0.249 e. The van der Waals surface area contributed by atoms with E-state index in [0.717, 1.165) is 24.1 Å². The van der Waals surface area contributed by atoms with Crippen molar-refractivity contribution in [3.8, 4) is 0 Å². The third-order valence-corrected chi connectivity index (χ3v) is 1.76. The predicted octanol–water partition coefficient (Wildman–Crippen LogP) is 1.35. The molecular formula is C9H13NO. The fourth-order valence-corrected chi connectivity index (χ4v) is 1.17. The van der Waals surface area contributed by atoms with Gasteiger partial charge in [-0.2, -0.15) is 0 Å². The quantitative estimate of drug-likeness (QED) is 0.518. The third-order valence-electron chi connectivity index (χ3n) is 1.76. The number of allylic oxidation sites excluding steroid dienone is 2. The number of hydrogen-bond donors (Lipinski definition) is 0. The first-order chi connectivity index (χ1) is 5.11. The second kappa shape index (κ2) is 2.91. The first kappa shape index (κ1) is 8.05. The lowest BCUT2D eigenvalue weighted by atomic mass is 10.1. The zero-order valence-corrected chi connectivity index (χ0v) is 7.05. The Bertz CT molecular complexity index is 228. The molecule has 2 heteroatoms. The minimum absolute atomic E-state index is 0.146. The topological polar surface area (TPSA) is 20.3 Å². The maximum absolute atomic E-state index is 11.3. The van der Waals surface area contributed by atoms with Crippen molar-refractivity contribution in [1.82, 2.24) is 4.90 Å². The van der Waals surface area contributed by atoms with Crippen LogP contribution in [-0.4, -0.2) is 24.4 Å². The van der Waals surface area contributed by atoms with Crippen LogP contribution in [0.2, 0.25) is 0 Å². The first-order valence-corrected chi connectivity index (χ1v) is 3.73. The van der Waals surface area contributed by atoms with E-state index in [1.54, 1.807) is 4.90 Å². The normalized spacial score (nSPS) is 21.5. The molecule has 1 aliphatic rings. The van der Waals surface area contributed by atoms with E-state index in [1.165, 1.54) is 0 Å². The van der Waals surface area contributed by atoms with Gasteiger partial charge in [0.1, 0.15) is 0 Å². The average Bonchev–Trinajstić information content (AvgIpc) is 2.18. The molecule has 0 atom stereocenters. The molecule has 0 bridgehead atoms. The van der Waals surface area contributed by atoms with Gasteiger partial charge in [-0.1, -0.05) is 18.2 Å². The summed E-state index contributed by atoms with van der Waals surface area (Å²) in [4.78, 5) is 13.0. The standard InChI is InChI=1S/C9H13NO/c1-7(2)6-8-4-5-10(3)9(8)11/h6H,1,4-5H2,2-3H3/b8-6+. The van der Waals surface area contributed by atoms with Crippen LogP contribution in [0.5, 0.6) is 0 Å². The lowest BCUT2D eigenvalue weighted by Gasteiger charge is -2.04. The Morgan fingerprint density at radius 3 is 2.73 bits per heavy atom. The van der Waals surface area contributed by atoms with Crippen LogP contribution in [0.4, 0.5) is 0 Å². The Morgan fingerprint density at radius 2 is 2.36 bits per heavy atom. The summed E-state index contributed by atoms with van der Waals surface area (Å²) < 4.78 is 0. The molecule has 2 nitrogen and oxygen atoms in total. The molecule has 60 valence electrons. The van der Waals surface area contributed by atoms with Crippen LogP contribution in [0, 0.1) is 0 Å². The Balaban J connectivity index is 2.77. The molecule has 11 heavy (non-hydrogen) atoms. The molecule has 1 aliphatic heterocycles. The minimum Gasteiger partial charge on any atom is -0.342 e. The van der Waals surface area contributed by atoms with E-state index < -0.39 is 0 Å². The molecule has 1 heterocycles. The number of likely N-dealkylation sites (tertiary alicyclic amines) is 1. The maximum atomic E-state index is 11.3. The number of likely N-dealkylation sites (N-methyl/N-ethyl adjacent to an activating group) is 1. The molecular weight excluding hydrogens is 138 g/mol. The van der Waals surface area contributed by atoms with Crippen molar-refractivity contribution in [2.45, 2.75) is 13.3 Å². The number of carbonyl (C=O) groups is 1. The predicted molar refractivity (Wildman–Crippen MR) is 45.2 cm³/mol. The van der Waals surface area contributed by atoms with Crippen molar-refractivity contribution in [2.75, 3.05) is 13.6 Å². The van der Waals surface area contributed by atoms with Crippen LogP contribution in [0.15, 0.2) is 23.8 Å².